The molecule has 0 radical (unpaired) electrons. The number of carbonyl (C=O) groups excluding carboxylic acids is 2. The third-order valence-electron chi connectivity index (χ3n) is 4.10. The van der Waals surface area contributed by atoms with E-state index < -0.39 is 5.54 Å². The molecule has 96 valence electrons. The van der Waals surface area contributed by atoms with Gasteiger partial charge in [0, 0.05) is 6.04 Å². The lowest BCUT2D eigenvalue weighted by Crippen LogP contribution is -2.70. The van der Waals surface area contributed by atoms with E-state index in [9.17, 15) is 9.59 Å². The summed E-state index contributed by atoms with van der Waals surface area (Å²) in [7, 11) is 0. The lowest BCUT2D eigenvalue weighted by molar-refractivity contribution is -0.158. The van der Waals surface area contributed by atoms with Crippen LogP contribution in [0.15, 0.2) is 0 Å². The molecule has 1 saturated heterocycles. The van der Waals surface area contributed by atoms with Crippen molar-refractivity contribution in [1.29, 1.82) is 0 Å². The topological polar surface area (TPSA) is 49.4 Å². The summed E-state index contributed by atoms with van der Waals surface area (Å²) in [6.07, 6.45) is 5.09. The highest BCUT2D eigenvalue weighted by molar-refractivity contribution is 5.99. The van der Waals surface area contributed by atoms with Gasteiger partial charge in [-0.1, -0.05) is 19.8 Å². The minimum atomic E-state index is -0.697. The highest BCUT2D eigenvalue weighted by Crippen LogP contribution is 2.32. The highest BCUT2D eigenvalue weighted by Gasteiger charge is 2.48. The molecule has 0 aromatic heterocycles. The van der Waals surface area contributed by atoms with E-state index in [-0.39, 0.29) is 23.9 Å². The molecule has 0 spiro atoms. The second-order valence-electron chi connectivity index (χ2n) is 5.64. The van der Waals surface area contributed by atoms with Gasteiger partial charge in [-0.05, 0) is 33.1 Å². The fraction of sp³-hybridized carbons (Fsp3) is 0.846. The van der Waals surface area contributed by atoms with Gasteiger partial charge in [-0.2, -0.15) is 0 Å². The normalized spacial score (nSPS) is 29.6. The molecule has 2 amide bonds. The smallest absolute Gasteiger partial charge is 0.246 e. The van der Waals surface area contributed by atoms with Crippen LogP contribution in [0, 0.1) is 0 Å². The van der Waals surface area contributed by atoms with Gasteiger partial charge in [0.2, 0.25) is 11.8 Å². The average Bonchev–Trinajstić information content (AvgIpc) is 2.76. The van der Waals surface area contributed by atoms with Crippen LogP contribution in [0.5, 0.6) is 0 Å². The molecule has 1 N–H and O–H groups in total. The van der Waals surface area contributed by atoms with Gasteiger partial charge >= 0.3 is 0 Å². The molecule has 1 saturated carbocycles. The maximum Gasteiger partial charge on any atom is 0.246 e. The Morgan fingerprint density at radius 1 is 1.29 bits per heavy atom. The minimum Gasteiger partial charge on any atom is -0.342 e. The third kappa shape index (κ3) is 1.94. The van der Waals surface area contributed by atoms with E-state index in [0.29, 0.717) is 6.42 Å². The largest absolute Gasteiger partial charge is 0.342 e. The van der Waals surface area contributed by atoms with Crippen molar-refractivity contribution < 1.29 is 9.59 Å². The summed E-state index contributed by atoms with van der Waals surface area (Å²) in [5.41, 5.74) is -0.697. The average molecular weight is 238 g/mol. The highest BCUT2D eigenvalue weighted by atomic mass is 16.2. The maximum atomic E-state index is 12.4. The number of rotatable bonds is 2. The van der Waals surface area contributed by atoms with E-state index >= 15 is 0 Å². The van der Waals surface area contributed by atoms with Gasteiger partial charge in [0.1, 0.15) is 11.6 Å². The van der Waals surface area contributed by atoms with Crippen molar-refractivity contribution in [3.63, 3.8) is 0 Å². The van der Waals surface area contributed by atoms with E-state index in [1.54, 1.807) is 0 Å². The summed E-state index contributed by atoms with van der Waals surface area (Å²) in [6.45, 7) is 5.64. The van der Waals surface area contributed by atoms with Crippen LogP contribution in [0.2, 0.25) is 0 Å². The number of carbonyl (C=O) groups is 2. The van der Waals surface area contributed by atoms with E-state index in [2.05, 4.69) is 5.32 Å². The number of piperazine rings is 1. The van der Waals surface area contributed by atoms with Gasteiger partial charge in [-0.25, -0.2) is 0 Å². The molecule has 0 aromatic rings. The zero-order chi connectivity index (χ0) is 12.6. The fourth-order valence-corrected chi connectivity index (χ4v) is 3.02. The van der Waals surface area contributed by atoms with Crippen molar-refractivity contribution in [3.8, 4) is 0 Å². The number of amides is 2. The van der Waals surface area contributed by atoms with Crippen molar-refractivity contribution in [3.05, 3.63) is 0 Å². The van der Waals surface area contributed by atoms with Gasteiger partial charge in [-0.15, -0.1) is 0 Å². The van der Waals surface area contributed by atoms with Crippen molar-refractivity contribution in [1.82, 2.24) is 10.2 Å². The predicted molar refractivity (Wildman–Crippen MR) is 65.4 cm³/mol. The molecule has 1 heterocycles. The van der Waals surface area contributed by atoms with Crippen LogP contribution in [0.3, 0.4) is 0 Å². The first-order valence-corrected chi connectivity index (χ1v) is 6.62. The van der Waals surface area contributed by atoms with Crippen LogP contribution in [0.25, 0.3) is 0 Å². The Morgan fingerprint density at radius 2 is 1.88 bits per heavy atom. The molecule has 4 nitrogen and oxygen atoms in total. The zero-order valence-electron chi connectivity index (χ0n) is 11.0. The van der Waals surface area contributed by atoms with E-state index in [1.165, 1.54) is 12.8 Å². The lowest BCUT2D eigenvalue weighted by atomic mass is 9.92. The molecule has 0 aromatic carbocycles. The lowest BCUT2D eigenvalue weighted by Gasteiger charge is -2.47. The number of nitrogens with zero attached hydrogens (tertiary/aromatic N) is 1. The molecule has 1 unspecified atom stereocenters. The Bertz CT molecular complexity index is 332. The minimum absolute atomic E-state index is 0.0177. The predicted octanol–water partition coefficient (Wildman–Crippen LogP) is 1.44. The number of nitrogens with one attached hydrogen (secondary N) is 1. The summed E-state index contributed by atoms with van der Waals surface area (Å²) in [5.74, 6) is 0.0832. The van der Waals surface area contributed by atoms with Gasteiger partial charge in [0.15, 0.2) is 0 Å². The molecule has 4 heteroatoms. The van der Waals surface area contributed by atoms with Gasteiger partial charge in [-0.3, -0.25) is 9.59 Å². The summed E-state index contributed by atoms with van der Waals surface area (Å²) in [4.78, 5) is 26.4. The fourth-order valence-electron chi connectivity index (χ4n) is 3.02. The molecule has 2 rings (SSSR count). The van der Waals surface area contributed by atoms with Crippen molar-refractivity contribution in [2.45, 2.75) is 70.5 Å². The van der Waals surface area contributed by atoms with E-state index in [4.69, 9.17) is 0 Å². The molecule has 1 aliphatic heterocycles. The molecular formula is C13H22N2O2. The van der Waals surface area contributed by atoms with Crippen LogP contribution in [0.4, 0.5) is 0 Å². The zero-order valence-corrected chi connectivity index (χ0v) is 11.0. The second kappa shape index (κ2) is 4.31. The number of hydrogen-bond donors (Lipinski definition) is 1. The first-order valence-electron chi connectivity index (χ1n) is 6.62. The Kier molecular flexibility index (Phi) is 3.15. The van der Waals surface area contributed by atoms with Crippen LogP contribution in [-0.2, 0) is 9.59 Å². The molecule has 2 aliphatic rings. The molecule has 2 fully saturated rings. The van der Waals surface area contributed by atoms with Crippen LogP contribution < -0.4 is 5.32 Å². The SMILES string of the molecule is CCC1NC(=O)C(C)(C)N(C2CCCC2)C1=O. The summed E-state index contributed by atoms with van der Waals surface area (Å²) < 4.78 is 0. The van der Waals surface area contributed by atoms with Crippen molar-refractivity contribution in [2.24, 2.45) is 0 Å². The van der Waals surface area contributed by atoms with E-state index in [0.717, 1.165) is 12.8 Å². The van der Waals surface area contributed by atoms with Crippen molar-refractivity contribution >= 4 is 11.8 Å². The first kappa shape index (κ1) is 12.4. The molecular weight excluding hydrogens is 216 g/mol. The maximum absolute atomic E-state index is 12.4. The van der Waals surface area contributed by atoms with E-state index in [1.807, 2.05) is 25.7 Å². The first-order chi connectivity index (χ1) is 7.98. The Hall–Kier alpha value is -1.06. The standard InChI is InChI=1S/C13H22N2O2/c1-4-10-11(16)15(9-7-5-6-8-9)13(2,3)12(17)14-10/h9-10H,4-8H2,1-3H3,(H,14,17). The van der Waals surface area contributed by atoms with Gasteiger partial charge in [0.05, 0.1) is 0 Å². The Balaban J connectivity index is 2.28. The molecule has 0 bridgehead atoms. The molecule has 1 aliphatic carbocycles. The Morgan fingerprint density at radius 3 is 2.41 bits per heavy atom. The molecule has 1 atom stereocenters. The molecule has 17 heavy (non-hydrogen) atoms. The monoisotopic (exact) mass is 238 g/mol. The quantitative estimate of drug-likeness (QED) is 0.791. The van der Waals surface area contributed by atoms with Crippen LogP contribution >= 0.6 is 0 Å². The summed E-state index contributed by atoms with van der Waals surface area (Å²) in [6, 6.07) is -0.0614. The second-order valence-corrected chi connectivity index (χ2v) is 5.64. The van der Waals surface area contributed by atoms with Crippen LogP contribution in [0.1, 0.15) is 52.9 Å². The van der Waals surface area contributed by atoms with Gasteiger partial charge in [0.25, 0.3) is 0 Å². The third-order valence-corrected chi connectivity index (χ3v) is 4.10. The van der Waals surface area contributed by atoms with Gasteiger partial charge < -0.3 is 10.2 Å². The van der Waals surface area contributed by atoms with Crippen molar-refractivity contribution in [2.75, 3.05) is 0 Å². The Labute approximate surface area is 103 Å². The number of hydrogen-bond acceptors (Lipinski definition) is 2. The van der Waals surface area contributed by atoms with Crippen LogP contribution in [-0.4, -0.2) is 34.3 Å². The summed E-state index contributed by atoms with van der Waals surface area (Å²) >= 11 is 0. The summed E-state index contributed by atoms with van der Waals surface area (Å²) in [5, 5.41) is 2.83.